The van der Waals surface area contributed by atoms with Crippen LogP contribution in [0.3, 0.4) is 0 Å². The number of ether oxygens (including phenoxy) is 1. The fourth-order valence-electron chi connectivity index (χ4n) is 5.49. The summed E-state index contributed by atoms with van der Waals surface area (Å²) in [7, 11) is 0. The minimum absolute atomic E-state index is 0.161. The third-order valence-corrected chi connectivity index (χ3v) is 7.36. The maximum atomic E-state index is 13.5. The molecule has 6 heteroatoms. The number of rotatable bonds is 5. The molecule has 2 aliphatic rings. The summed E-state index contributed by atoms with van der Waals surface area (Å²) in [5.41, 5.74) is 3.51. The van der Waals surface area contributed by atoms with Crippen molar-refractivity contribution in [3.8, 4) is 0 Å². The molecule has 2 N–H and O–H groups in total. The van der Waals surface area contributed by atoms with Gasteiger partial charge in [0.05, 0.1) is 17.9 Å². The molecule has 5 nitrogen and oxygen atoms in total. The van der Waals surface area contributed by atoms with Gasteiger partial charge in [0.1, 0.15) is 0 Å². The van der Waals surface area contributed by atoms with Crippen molar-refractivity contribution in [1.82, 2.24) is 10.6 Å². The Kier molecular flexibility index (Phi) is 7.47. The summed E-state index contributed by atoms with van der Waals surface area (Å²) in [6.45, 7) is 4.32. The van der Waals surface area contributed by atoms with Gasteiger partial charge in [-0.1, -0.05) is 68.7 Å². The third kappa shape index (κ3) is 4.92. The Balaban J connectivity index is 1.74. The molecule has 1 fully saturated rings. The Morgan fingerprint density at radius 3 is 2.41 bits per heavy atom. The van der Waals surface area contributed by atoms with E-state index in [9.17, 15) is 9.59 Å². The summed E-state index contributed by atoms with van der Waals surface area (Å²) in [5.74, 6) is -0.237. The van der Waals surface area contributed by atoms with E-state index >= 15 is 0 Å². The Hall–Kier alpha value is -2.99. The topological polar surface area (TPSA) is 67.4 Å². The molecule has 2 aromatic rings. The van der Waals surface area contributed by atoms with Crippen LogP contribution in [0.15, 0.2) is 60.2 Å². The summed E-state index contributed by atoms with van der Waals surface area (Å²) in [6.07, 6.45) is 6.53. The van der Waals surface area contributed by atoms with Gasteiger partial charge in [-0.15, -0.1) is 0 Å². The molecular weight excluding hydrogens is 444 g/mol. The van der Waals surface area contributed by atoms with Crippen LogP contribution in [-0.2, 0) is 16.0 Å². The average molecular weight is 477 g/mol. The zero-order valence-electron chi connectivity index (χ0n) is 19.9. The van der Waals surface area contributed by atoms with Crippen LogP contribution in [0.5, 0.6) is 0 Å². The first-order valence-electron chi connectivity index (χ1n) is 12.1. The fraction of sp³-hybridized carbons (Fsp3) is 0.393. The molecule has 0 saturated heterocycles. The molecule has 1 saturated carbocycles. The van der Waals surface area contributed by atoms with Gasteiger partial charge in [-0.25, -0.2) is 4.79 Å². The smallest absolute Gasteiger partial charge is 0.336 e. The van der Waals surface area contributed by atoms with Crippen molar-refractivity contribution in [2.75, 3.05) is 6.61 Å². The number of fused-ring (bicyclic) bond motifs is 1. The minimum atomic E-state index is -0.386. The number of nitrogens with one attached hydrogen (secondary N) is 2. The van der Waals surface area contributed by atoms with Crippen LogP contribution in [-0.4, -0.2) is 23.6 Å². The van der Waals surface area contributed by atoms with Crippen molar-refractivity contribution >= 4 is 34.9 Å². The predicted octanol–water partition coefficient (Wildman–Crippen LogP) is 5.41. The minimum Gasteiger partial charge on any atom is -0.463 e. The SMILES string of the molecule is CCOC(=O)C1=C(NC(=S)NC(=O)c2ccccc2)c2ccccc2CC1(C)C1CCCCC1. The lowest BCUT2D eigenvalue weighted by Crippen LogP contribution is -2.45. The summed E-state index contributed by atoms with van der Waals surface area (Å²) < 4.78 is 5.58. The molecule has 0 spiro atoms. The Morgan fingerprint density at radius 1 is 1.03 bits per heavy atom. The summed E-state index contributed by atoms with van der Waals surface area (Å²) in [4.78, 5) is 26.1. The van der Waals surface area contributed by atoms with E-state index in [1.54, 1.807) is 24.3 Å². The number of amides is 1. The van der Waals surface area contributed by atoms with Crippen LogP contribution in [0, 0.1) is 11.3 Å². The molecule has 0 radical (unpaired) electrons. The van der Waals surface area contributed by atoms with E-state index in [1.807, 2.05) is 31.2 Å². The van der Waals surface area contributed by atoms with Crippen LogP contribution >= 0.6 is 12.2 Å². The van der Waals surface area contributed by atoms with Gasteiger partial charge < -0.3 is 10.1 Å². The maximum Gasteiger partial charge on any atom is 0.336 e. The van der Waals surface area contributed by atoms with E-state index in [0.717, 1.165) is 24.8 Å². The summed E-state index contributed by atoms with van der Waals surface area (Å²) >= 11 is 5.55. The quantitative estimate of drug-likeness (QED) is 0.446. The first kappa shape index (κ1) is 24.1. The number of hydrogen-bond donors (Lipinski definition) is 2. The first-order valence-corrected chi connectivity index (χ1v) is 12.5. The number of thiocarbonyl (C=S) groups is 1. The van der Waals surface area contributed by atoms with Gasteiger partial charge in [-0.05, 0) is 62.0 Å². The lowest BCUT2D eigenvalue weighted by Gasteiger charge is -2.45. The van der Waals surface area contributed by atoms with Crippen LogP contribution in [0.2, 0.25) is 0 Å². The molecule has 0 bridgehead atoms. The van der Waals surface area contributed by atoms with Gasteiger partial charge >= 0.3 is 5.97 Å². The van der Waals surface area contributed by atoms with Crippen molar-refractivity contribution in [3.05, 3.63) is 76.9 Å². The zero-order chi connectivity index (χ0) is 24.1. The molecule has 2 aromatic carbocycles. The van der Waals surface area contributed by atoms with Crippen molar-refractivity contribution < 1.29 is 14.3 Å². The lowest BCUT2D eigenvalue weighted by atomic mass is 9.60. The maximum absolute atomic E-state index is 13.5. The van der Waals surface area contributed by atoms with E-state index in [0.29, 0.717) is 29.4 Å². The molecule has 0 aliphatic heterocycles. The van der Waals surface area contributed by atoms with E-state index in [1.165, 1.54) is 24.8 Å². The first-order chi connectivity index (χ1) is 16.4. The molecule has 2 aliphatic carbocycles. The monoisotopic (exact) mass is 476 g/mol. The van der Waals surface area contributed by atoms with Crippen molar-refractivity contribution in [2.24, 2.45) is 11.3 Å². The van der Waals surface area contributed by atoms with Gasteiger partial charge in [0.25, 0.3) is 5.91 Å². The Morgan fingerprint density at radius 2 is 1.71 bits per heavy atom. The van der Waals surface area contributed by atoms with Crippen molar-refractivity contribution in [1.29, 1.82) is 0 Å². The fourth-order valence-corrected chi connectivity index (χ4v) is 5.68. The molecule has 4 rings (SSSR count). The lowest BCUT2D eigenvalue weighted by molar-refractivity contribution is -0.140. The second-order valence-corrected chi connectivity index (χ2v) is 9.74. The second-order valence-electron chi connectivity index (χ2n) is 9.33. The van der Waals surface area contributed by atoms with Gasteiger partial charge in [-0.3, -0.25) is 10.1 Å². The number of carbonyl (C=O) groups excluding carboxylic acids is 2. The molecule has 0 heterocycles. The number of benzene rings is 2. The van der Waals surface area contributed by atoms with E-state index < -0.39 is 0 Å². The normalized spacial score (nSPS) is 20.3. The molecule has 0 aromatic heterocycles. The van der Waals surface area contributed by atoms with Crippen LogP contribution in [0.4, 0.5) is 0 Å². The standard InChI is InChI=1S/C28H32N2O3S/c1-3-33-26(32)23-24(29-27(34)30-25(31)19-12-6-4-7-13-19)22-17-11-10-14-20(22)18-28(23,2)21-15-8-5-9-16-21/h4,6-7,10-14,17,21H,3,5,8-9,15-16,18H2,1-2H3,(H2,29,30,31,34). The molecule has 1 unspecified atom stereocenters. The van der Waals surface area contributed by atoms with Crippen LogP contribution in [0.25, 0.3) is 5.70 Å². The zero-order valence-corrected chi connectivity index (χ0v) is 20.7. The van der Waals surface area contributed by atoms with Gasteiger partial charge in [0.15, 0.2) is 5.11 Å². The van der Waals surface area contributed by atoms with Gasteiger partial charge in [0.2, 0.25) is 0 Å². The highest BCUT2D eigenvalue weighted by Crippen LogP contribution is 2.51. The number of carbonyl (C=O) groups is 2. The number of esters is 1. The molecule has 1 amide bonds. The van der Waals surface area contributed by atoms with E-state index in [2.05, 4.69) is 23.6 Å². The summed E-state index contributed by atoms with van der Waals surface area (Å²) in [5, 5.41) is 6.17. The summed E-state index contributed by atoms with van der Waals surface area (Å²) in [6, 6.07) is 17.0. The Labute approximate surface area is 207 Å². The van der Waals surface area contributed by atoms with E-state index in [4.69, 9.17) is 17.0 Å². The van der Waals surface area contributed by atoms with Crippen LogP contribution < -0.4 is 10.6 Å². The van der Waals surface area contributed by atoms with Gasteiger partial charge in [0, 0.05) is 16.5 Å². The second kappa shape index (κ2) is 10.5. The number of hydrogen-bond acceptors (Lipinski definition) is 4. The Bertz CT molecular complexity index is 1110. The molecule has 34 heavy (non-hydrogen) atoms. The van der Waals surface area contributed by atoms with Gasteiger partial charge in [-0.2, -0.15) is 0 Å². The average Bonchev–Trinajstić information content (AvgIpc) is 2.85. The predicted molar refractivity (Wildman–Crippen MR) is 138 cm³/mol. The molecular formula is C28H32N2O3S. The third-order valence-electron chi connectivity index (χ3n) is 7.15. The largest absolute Gasteiger partial charge is 0.463 e. The molecule has 178 valence electrons. The molecule has 1 atom stereocenters. The van der Waals surface area contributed by atoms with E-state index in [-0.39, 0.29) is 22.4 Å². The highest BCUT2D eigenvalue weighted by Gasteiger charge is 2.46. The highest BCUT2D eigenvalue weighted by atomic mass is 32.1. The van der Waals surface area contributed by atoms with Crippen molar-refractivity contribution in [3.63, 3.8) is 0 Å². The van der Waals surface area contributed by atoms with Crippen LogP contribution in [0.1, 0.15) is 67.4 Å². The highest BCUT2D eigenvalue weighted by molar-refractivity contribution is 7.80. The van der Waals surface area contributed by atoms with Crippen molar-refractivity contribution in [2.45, 2.75) is 52.4 Å².